The van der Waals surface area contributed by atoms with Crippen LogP contribution in [-0.2, 0) is 13.0 Å². The number of nitrogens with one attached hydrogen (secondary N) is 2. The highest BCUT2D eigenvalue weighted by molar-refractivity contribution is 6.04. The molecule has 8 nitrogen and oxygen atoms in total. The number of hydrogen-bond acceptors (Lipinski definition) is 7. The highest BCUT2D eigenvalue weighted by Gasteiger charge is 2.22. The lowest BCUT2D eigenvalue weighted by Gasteiger charge is -2.16. The van der Waals surface area contributed by atoms with Crippen LogP contribution in [-0.4, -0.2) is 50.5 Å². The number of rotatable bonds is 11. The van der Waals surface area contributed by atoms with Gasteiger partial charge in [-0.25, -0.2) is 0 Å². The van der Waals surface area contributed by atoms with Gasteiger partial charge in [0.05, 0.1) is 27.9 Å². The molecule has 0 aliphatic heterocycles. The molecule has 0 unspecified atom stereocenters. The molecule has 0 bridgehead atoms. The van der Waals surface area contributed by atoms with Crippen LogP contribution in [0.4, 0.5) is 5.69 Å². The summed E-state index contributed by atoms with van der Waals surface area (Å²) in [5.74, 6) is 1.77. The molecule has 43 heavy (non-hydrogen) atoms. The molecule has 8 heteroatoms. The SMILES string of the molecule is COc1ccnc(C(=O)Nc2cccc(-c3cccc4c3CCC4=Cc3cc(OC)c(CNCCO)c(OC)c3)c2C)c1. The van der Waals surface area contributed by atoms with Gasteiger partial charge >= 0.3 is 0 Å². The molecule has 1 aliphatic rings. The Bertz CT molecular complexity index is 1640. The third kappa shape index (κ3) is 6.40. The van der Waals surface area contributed by atoms with E-state index in [9.17, 15) is 4.79 Å². The molecular formula is C35H37N3O5. The number of fused-ring (bicyclic) bond motifs is 1. The van der Waals surface area contributed by atoms with Crippen LogP contribution in [0.15, 0.2) is 66.9 Å². The van der Waals surface area contributed by atoms with E-state index in [0.29, 0.717) is 24.5 Å². The second-order valence-corrected chi connectivity index (χ2v) is 10.3. The zero-order valence-electron chi connectivity index (χ0n) is 25.0. The van der Waals surface area contributed by atoms with Gasteiger partial charge in [-0.1, -0.05) is 36.4 Å². The van der Waals surface area contributed by atoms with Crippen molar-refractivity contribution in [3.63, 3.8) is 0 Å². The van der Waals surface area contributed by atoms with Gasteiger partial charge in [0.15, 0.2) is 0 Å². The summed E-state index contributed by atoms with van der Waals surface area (Å²) in [6, 6.07) is 19.8. The number of anilines is 1. The number of allylic oxidation sites excluding steroid dienone is 1. The van der Waals surface area contributed by atoms with E-state index in [2.05, 4.69) is 46.0 Å². The Labute approximate surface area is 252 Å². The molecule has 0 atom stereocenters. The van der Waals surface area contributed by atoms with Crippen molar-refractivity contribution >= 4 is 23.2 Å². The van der Waals surface area contributed by atoms with Crippen molar-refractivity contribution in [2.75, 3.05) is 39.8 Å². The first-order valence-corrected chi connectivity index (χ1v) is 14.3. The van der Waals surface area contributed by atoms with Crippen molar-refractivity contribution in [3.8, 4) is 28.4 Å². The highest BCUT2D eigenvalue weighted by Crippen LogP contribution is 2.42. The van der Waals surface area contributed by atoms with Gasteiger partial charge in [-0.3, -0.25) is 9.78 Å². The van der Waals surface area contributed by atoms with Gasteiger partial charge in [0.1, 0.15) is 22.9 Å². The molecule has 1 amide bonds. The number of aliphatic hydroxyl groups is 1. The molecule has 5 rings (SSSR count). The Kier molecular flexibility index (Phi) is 9.39. The zero-order chi connectivity index (χ0) is 30.3. The maximum absolute atomic E-state index is 13.0. The number of nitrogens with zero attached hydrogens (tertiary/aromatic N) is 1. The average Bonchev–Trinajstić information content (AvgIpc) is 3.45. The predicted molar refractivity (Wildman–Crippen MR) is 170 cm³/mol. The maximum atomic E-state index is 13.0. The summed E-state index contributed by atoms with van der Waals surface area (Å²) >= 11 is 0. The molecule has 3 aromatic carbocycles. The third-order valence-corrected chi connectivity index (χ3v) is 7.80. The molecule has 0 radical (unpaired) electrons. The van der Waals surface area contributed by atoms with Crippen molar-refractivity contribution in [1.82, 2.24) is 10.3 Å². The molecule has 0 saturated heterocycles. The summed E-state index contributed by atoms with van der Waals surface area (Å²) in [5.41, 5.74) is 9.94. The van der Waals surface area contributed by atoms with Crippen molar-refractivity contribution < 1.29 is 24.1 Å². The van der Waals surface area contributed by atoms with Gasteiger partial charge in [0.25, 0.3) is 5.91 Å². The fourth-order valence-corrected chi connectivity index (χ4v) is 5.62. The lowest BCUT2D eigenvalue weighted by atomic mass is 9.92. The maximum Gasteiger partial charge on any atom is 0.274 e. The van der Waals surface area contributed by atoms with Crippen LogP contribution in [0, 0.1) is 6.92 Å². The molecule has 1 heterocycles. The predicted octanol–water partition coefficient (Wildman–Crippen LogP) is 5.90. The number of ether oxygens (including phenoxy) is 3. The number of carbonyl (C=O) groups excluding carboxylic acids is 1. The summed E-state index contributed by atoms with van der Waals surface area (Å²) in [6.07, 6.45) is 5.59. The number of aliphatic hydroxyl groups excluding tert-OH is 1. The minimum absolute atomic E-state index is 0.0650. The van der Waals surface area contributed by atoms with E-state index in [0.717, 1.165) is 57.8 Å². The molecule has 1 aromatic heterocycles. The average molecular weight is 580 g/mol. The second-order valence-electron chi connectivity index (χ2n) is 10.3. The van der Waals surface area contributed by atoms with E-state index in [1.807, 2.05) is 31.2 Å². The quantitative estimate of drug-likeness (QED) is 0.190. The van der Waals surface area contributed by atoms with E-state index in [1.165, 1.54) is 16.7 Å². The van der Waals surface area contributed by atoms with Crippen LogP contribution in [0.2, 0.25) is 0 Å². The van der Waals surface area contributed by atoms with E-state index >= 15 is 0 Å². The summed E-state index contributed by atoms with van der Waals surface area (Å²) in [5, 5.41) is 15.4. The van der Waals surface area contributed by atoms with Crippen LogP contribution in [0.1, 0.15) is 44.7 Å². The fourth-order valence-electron chi connectivity index (χ4n) is 5.62. The molecule has 4 aromatic rings. The molecule has 222 valence electrons. The van der Waals surface area contributed by atoms with Gasteiger partial charge in [0, 0.05) is 36.6 Å². The minimum atomic E-state index is -0.288. The normalized spacial score (nSPS) is 13.1. The fraction of sp³-hybridized carbons (Fsp3) is 0.257. The van der Waals surface area contributed by atoms with Crippen molar-refractivity contribution in [2.24, 2.45) is 0 Å². The van der Waals surface area contributed by atoms with Gasteiger partial charge in [0.2, 0.25) is 0 Å². The first kappa shape index (κ1) is 29.8. The van der Waals surface area contributed by atoms with Crippen LogP contribution in [0.3, 0.4) is 0 Å². The van der Waals surface area contributed by atoms with E-state index in [-0.39, 0.29) is 12.5 Å². The molecule has 1 aliphatic carbocycles. The second kappa shape index (κ2) is 13.5. The lowest BCUT2D eigenvalue weighted by Crippen LogP contribution is -2.18. The van der Waals surface area contributed by atoms with Crippen molar-refractivity contribution in [1.29, 1.82) is 0 Å². The smallest absolute Gasteiger partial charge is 0.274 e. The van der Waals surface area contributed by atoms with E-state index in [1.54, 1.807) is 39.7 Å². The van der Waals surface area contributed by atoms with Crippen LogP contribution < -0.4 is 24.8 Å². The third-order valence-electron chi connectivity index (χ3n) is 7.80. The number of amides is 1. The Morgan fingerprint density at radius 1 is 0.930 bits per heavy atom. The highest BCUT2D eigenvalue weighted by atomic mass is 16.5. The van der Waals surface area contributed by atoms with Crippen molar-refractivity contribution in [3.05, 3.63) is 100 Å². The van der Waals surface area contributed by atoms with Gasteiger partial charge in [-0.05, 0) is 83.0 Å². The van der Waals surface area contributed by atoms with Crippen molar-refractivity contribution in [2.45, 2.75) is 26.3 Å². The first-order valence-electron chi connectivity index (χ1n) is 14.3. The summed E-state index contributed by atoms with van der Waals surface area (Å²) < 4.78 is 16.7. The van der Waals surface area contributed by atoms with Gasteiger partial charge in [-0.15, -0.1) is 0 Å². The largest absolute Gasteiger partial charge is 0.497 e. The minimum Gasteiger partial charge on any atom is -0.497 e. The monoisotopic (exact) mass is 579 g/mol. The molecule has 0 saturated carbocycles. The standard InChI is InChI=1S/C35H37N3O5/c1-22-26(7-6-10-31(22)38-35(40)32-20-25(41-2)13-14-37-32)28-9-5-8-27-24(11-12-29(27)28)17-23-18-33(42-3)30(21-36-15-16-39)34(19-23)43-4/h5-10,13-14,17-20,36,39H,11-12,15-16,21H2,1-4H3,(H,38,40). The lowest BCUT2D eigenvalue weighted by molar-refractivity contribution is 0.102. The molecule has 3 N–H and O–H groups in total. The number of hydrogen-bond donors (Lipinski definition) is 3. The summed E-state index contributed by atoms with van der Waals surface area (Å²) in [6.45, 7) is 3.12. The van der Waals surface area contributed by atoms with E-state index in [4.69, 9.17) is 19.3 Å². The van der Waals surface area contributed by atoms with Crippen LogP contribution in [0.25, 0.3) is 22.8 Å². The van der Waals surface area contributed by atoms with Crippen LogP contribution >= 0.6 is 0 Å². The number of carbonyl (C=O) groups is 1. The van der Waals surface area contributed by atoms with Gasteiger partial charge < -0.3 is 30.0 Å². The number of pyridine rings is 1. The Morgan fingerprint density at radius 3 is 2.37 bits per heavy atom. The Balaban J connectivity index is 1.45. The number of methoxy groups -OCH3 is 3. The van der Waals surface area contributed by atoms with Crippen LogP contribution in [0.5, 0.6) is 17.2 Å². The number of aromatic nitrogens is 1. The Hall–Kier alpha value is -4.66. The molecule has 0 fully saturated rings. The molecule has 0 spiro atoms. The summed E-state index contributed by atoms with van der Waals surface area (Å²) in [4.78, 5) is 17.2. The topological polar surface area (TPSA) is 102 Å². The Morgan fingerprint density at radius 2 is 1.65 bits per heavy atom. The van der Waals surface area contributed by atoms with E-state index < -0.39 is 0 Å². The number of benzene rings is 3. The summed E-state index contributed by atoms with van der Waals surface area (Å²) in [7, 11) is 4.88. The molecular weight excluding hydrogens is 542 g/mol. The first-order chi connectivity index (χ1) is 21.0. The zero-order valence-corrected chi connectivity index (χ0v) is 25.0. The van der Waals surface area contributed by atoms with Gasteiger partial charge in [-0.2, -0.15) is 0 Å².